The molecule has 2 aromatic carbocycles. The molecule has 0 saturated heterocycles. The summed E-state index contributed by atoms with van der Waals surface area (Å²) in [6.07, 6.45) is 1.46. The van der Waals surface area contributed by atoms with Crippen LogP contribution in [0.25, 0.3) is 5.69 Å². The highest BCUT2D eigenvalue weighted by molar-refractivity contribution is 5.44. The van der Waals surface area contributed by atoms with Crippen LogP contribution in [0.3, 0.4) is 0 Å². The summed E-state index contributed by atoms with van der Waals surface area (Å²) < 4.78 is 26.5. The minimum atomic E-state index is -0.466. The van der Waals surface area contributed by atoms with E-state index in [2.05, 4.69) is 4.90 Å². The third kappa shape index (κ3) is 4.18. The highest BCUT2D eigenvalue weighted by Gasteiger charge is 2.17. The van der Waals surface area contributed by atoms with Gasteiger partial charge in [-0.2, -0.15) is 0 Å². The molecule has 146 valence electrons. The van der Waals surface area contributed by atoms with Crippen LogP contribution < -0.4 is 9.47 Å². The Balaban J connectivity index is 1.55. The largest absolute Gasteiger partial charge is 0.454 e. The van der Waals surface area contributed by atoms with Gasteiger partial charge in [0, 0.05) is 37.2 Å². The first-order valence-electron chi connectivity index (χ1n) is 9.29. The molecule has 1 aliphatic heterocycles. The molecule has 0 unspecified atom stereocenters. The highest BCUT2D eigenvalue weighted by Crippen LogP contribution is 2.33. The predicted octanol–water partition coefficient (Wildman–Crippen LogP) is 3.73. The zero-order valence-corrected chi connectivity index (χ0v) is 15.7. The molecule has 1 N–H and O–H groups in total. The Morgan fingerprint density at radius 2 is 1.93 bits per heavy atom. The molecule has 2 heterocycles. The number of aliphatic hydroxyl groups excluding tert-OH is 1. The fourth-order valence-electron chi connectivity index (χ4n) is 3.51. The van der Waals surface area contributed by atoms with Crippen LogP contribution in [0.4, 0.5) is 4.39 Å². The SMILES string of the molecule is C[C@@H](O)CN(Cc1ccc2c(c1)OCO2)Cc1cccn1-c1cccc(F)c1. The number of fused-ring (bicyclic) bond motifs is 1. The predicted molar refractivity (Wildman–Crippen MR) is 104 cm³/mol. The van der Waals surface area contributed by atoms with Crippen molar-refractivity contribution >= 4 is 0 Å². The normalized spacial score (nSPS) is 13.9. The zero-order valence-electron chi connectivity index (χ0n) is 15.7. The second-order valence-corrected chi connectivity index (χ2v) is 7.06. The standard InChI is InChI=1S/C22H23FN2O3/c1-16(26)12-24(13-17-7-8-21-22(10-17)28-15-27-21)14-20-6-3-9-25(20)19-5-2-4-18(23)11-19/h2-11,16,26H,12-15H2,1H3/t16-/m1/s1. The summed E-state index contributed by atoms with van der Waals surface area (Å²) in [7, 11) is 0. The Hall–Kier alpha value is -2.83. The number of hydrogen-bond acceptors (Lipinski definition) is 4. The van der Waals surface area contributed by atoms with Crippen LogP contribution in [0.2, 0.25) is 0 Å². The van der Waals surface area contributed by atoms with Crippen molar-refractivity contribution in [2.45, 2.75) is 26.1 Å². The van der Waals surface area contributed by atoms with Gasteiger partial charge in [0.15, 0.2) is 11.5 Å². The molecule has 28 heavy (non-hydrogen) atoms. The van der Waals surface area contributed by atoms with E-state index < -0.39 is 6.10 Å². The van der Waals surface area contributed by atoms with Crippen molar-refractivity contribution in [3.05, 3.63) is 77.9 Å². The van der Waals surface area contributed by atoms with Gasteiger partial charge in [0.1, 0.15) is 5.82 Å². The molecule has 1 aliphatic rings. The number of halogens is 1. The number of ether oxygens (including phenoxy) is 2. The van der Waals surface area contributed by atoms with Crippen LogP contribution in [0.15, 0.2) is 60.8 Å². The van der Waals surface area contributed by atoms with Crippen LogP contribution in [-0.2, 0) is 13.1 Å². The third-order valence-corrected chi connectivity index (χ3v) is 4.67. The molecule has 0 bridgehead atoms. The molecule has 1 atom stereocenters. The van der Waals surface area contributed by atoms with Crippen molar-refractivity contribution in [2.24, 2.45) is 0 Å². The minimum Gasteiger partial charge on any atom is -0.454 e. The van der Waals surface area contributed by atoms with E-state index in [4.69, 9.17) is 9.47 Å². The van der Waals surface area contributed by atoms with Crippen LogP contribution in [0, 0.1) is 5.82 Å². The quantitative estimate of drug-likeness (QED) is 0.676. The molecular weight excluding hydrogens is 359 g/mol. The molecule has 0 aliphatic carbocycles. The van der Waals surface area contributed by atoms with Gasteiger partial charge in [-0.25, -0.2) is 4.39 Å². The molecule has 4 rings (SSSR count). The monoisotopic (exact) mass is 382 g/mol. The molecule has 3 aromatic rings. The van der Waals surface area contributed by atoms with Crippen LogP contribution in [-0.4, -0.2) is 34.0 Å². The second-order valence-electron chi connectivity index (χ2n) is 7.06. The number of nitrogens with zero attached hydrogens (tertiary/aromatic N) is 2. The number of aliphatic hydroxyl groups is 1. The molecule has 0 saturated carbocycles. The van der Waals surface area contributed by atoms with E-state index in [0.717, 1.165) is 28.4 Å². The lowest BCUT2D eigenvalue weighted by molar-refractivity contribution is 0.117. The van der Waals surface area contributed by atoms with E-state index in [1.54, 1.807) is 13.0 Å². The Bertz CT molecular complexity index is 954. The summed E-state index contributed by atoms with van der Waals surface area (Å²) in [5.41, 5.74) is 2.88. The zero-order chi connectivity index (χ0) is 19.5. The fourth-order valence-corrected chi connectivity index (χ4v) is 3.51. The van der Waals surface area contributed by atoms with Crippen molar-refractivity contribution < 1.29 is 19.0 Å². The number of rotatable bonds is 7. The first-order valence-corrected chi connectivity index (χ1v) is 9.29. The van der Waals surface area contributed by atoms with Gasteiger partial charge in [-0.05, 0) is 55.0 Å². The maximum atomic E-state index is 13.6. The molecule has 0 fully saturated rings. The van der Waals surface area contributed by atoms with E-state index in [-0.39, 0.29) is 12.6 Å². The Kier molecular flexibility index (Phi) is 5.32. The topological polar surface area (TPSA) is 46.9 Å². The smallest absolute Gasteiger partial charge is 0.231 e. The van der Waals surface area contributed by atoms with Crippen LogP contribution >= 0.6 is 0 Å². The molecule has 5 nitrogen and oxygen atoms in total. The lowest BCUT2D eigenvalue weighted by Gasteiger charge is -2.25. The van der Waals surface area contributed by atoms with Gasteiger partial charge in [0.2, 0.25) is 6.79 Å². The van der Waals surface area contributed by atoms with E-state index in [9.17, 15) is 9.50 Å². The maximum Gasteiger partial charge on any atom is 0.231 e. The van der Waals surface area contributed by atoms with Gasteiger partial charge in [-0.3, -0.25) is 4.90 Å². The average molecular weight is 382 g/mol. The van der Waals surface area contributed by atoms with Gasteiger partial charge >= 0.3 is 0 Å². The minimum absolute atomic E-state index is 0.247. The maximum absolute atomic E-state index is 13.6. The van der Waals surface area contributed by atoms with Crippen molar-refractivity contribution in [1.29, 1.82) is 0 Å². The van der Waals surface area contributed by atoms with Gasteiger partial charge in [0.25, 0.3) is 0 Å². The van der Waals surface area contributed by atoms with Crippen molar-refractivity contribution in [3.63, 3.8) is 0 Å². The van der Waals surface area contributed by atoms with Crippen molar-refractivity contribution in [3.8, 4) is 17.2 Å². The number of benzene rings is 2. The van der Waals surface area contributed by atoms with Crippen LogP contribution in [0.1, 0.15) is 18.2 Å². The molecule has 0 amide bonds. The van der Waals surface area contributed by atoms with Gasteiger partial charge in [-0.15, -0.1) is 0 Å². The third-order valence-electron chi connectivity index (χ3n) is 4.67. The van der Waals surface area contributed by atoms with E-state index in [0.29, 0.717) is 19.6 Å². The Morgan fingerprint density at radius 3 is 2.75 bits per heavy atom. The summed E-state index contributed by atoms with van der Waals surface area (Å²) in [6, 6.07) is 16.4. The molecule has 6 heteroatoms. The summed E-state index contributed by atoms with van der Waals surface area (Å²) in [5.74, 6) is 1.24. The molecular formula is C22H23FN2O3. The summed E-state index contributed by atoms with van der Waals surface area (Å²) in [4.78, 5) is 2.16. The molecule has 1 aromatic heterocycles. The average Bonchev–Trinajstić information content (AvgIpc) is 3.30. The fraction of sp³-hybridized carbons (Fsp3) is 0.273. The Labute approximate surface area is 163 Å². The lowest BCUT2D eigenvalue weighted by atomic mass is 10.1. The number of aromatic nitrogens is 1. The van der Waals surface area contributed by atoms with E-state index >= 15 is 0 Å². The first-order chi connectivity index (χ1) is 13.6. The number of hydrogen-bond donors (Lipinski definition) is 1. The van der Waals surface area contributed by atoms with Crippen molar-refractivity contribution in [1.82, 2.24) is 9.47 Å². The van der Waals surface area contributed by atoms with E-state index in [1.807, 2.05) is 47.2 Å². The second kappa shape index (κ2) is 8.04. The lowest BCUT2D eigenvalue weighted by Crippen LogP contribution is -2.31. The summed E-state index contributed by atoms with van der Waals surface area (Å²) >= 11 is 0. The highest BCUT2D eigenvalue weighted by atomic mass is 19.1. The molecule has 0 spiro atoms. The first kappa shape index (κ1) is 18.5. The molecule has 0 radical (unpaired) electrons. The van der Waals surface area contributed by atoms with Gasteiger partial charge < -0.3 is 19.1 Å². The summed E-state index contributed by atoms with van der Waals surface area (Å²) in [5, 5.41) is 9.96. The van der Waals surface area contributed by atoms with E-state index in [1.165, 1.54) is 12.1 Å². The van der Waals surface area contributed by atoms with Crippen LogP contribution in [0.5, 0.6) is 11.5 Å². The Morgan fingerprint density at radius 1 is 1.07 bits per heavy atom. The van der Waals surface area contributed by atoms with Gasteiger partial charge in [-0.1, -0.05) is 12.1 Å². The summed E-state index contributed by atoms with van der Waals surface area (Å²) in [6.45, 7) is 3.80. The van der Waals surface area contributed by atoms with Gasteiger partial charge in [0.05, 0.1) is 6.10 Å². The van der Waals surface area contributed by atoms with Crippen molar-refractivity contribution in [2.75, 3.05) is 13.3 Å².